The lowest BCUT2D eigenvalue weighted by Crippen LogP contribution is -2.46. The summed E-state index contributed by atoms with van der Waals surface area (Å²) in [6.07, 6.45) is 2.45. The summed E-state index contributed by atoms with van der Waals surface area (Å²) in [5, 5.41) is 2.62. The summed E-state index contributed by atoms with van der Waals surface area (Å²) in [6.45, 7) is 5.61. The Hall–Kier alpha value is -2.17. The summed E-state index contributed by atoms with van der Waals surface area (Å²) in [7, 11) is 1.63. The fourth-order valence-electron chi connectivity index (χ4n) is 2.03. The van der Waals surface area contributed by atoms with Crippen LogP contribution in [0.2, 0.25) is 0 Å². The summed E-state index contributed by atoms with van der Waals surface area (Å²) < 4.78 is 13.1. The van der Waals surface area contributed by atoms with Gasteiger partial charge in [-0.1, -0.05) is 32.1 Å². The monoisotopic (exact) mass is 292 g/mol. The largest absolute Gasteiger partial charge is 0.341 e. The highest BCUT2D eigenvalue weighted by Gasteiger charge is 2.22. The molecule has 0 fully saturated rings. The van der Waals surface area contributed by atoms with Gasteiger partial charge in [0.15, 0.2) is 0 Å². The number of nitrogens with one attached hydrogen (secondary N) is 1. The Balaban J connectivity index is 2.73. The summed E-state index contributed by atoms with van der Waals surface area (Å²) in [5.41, 5.74) is 0.705. The highest BCUT2D eigenvalue weighted by Crippen LogP contribution is 2.09. The fourth-order valence-corrected chi connectivity index (χ4v) is 2.03. The van der Waals surface area contributed by atoms with E-state index >= 15 is 0 Å². The molecule has 5 heteroatoms. The molecule has 1 aromatic rings. The van der Waals surface area contributed by atoms with Crippen LogP contribution in [0.5, 0.6) is 0 Å². The predicted octanol–water partition coefficient (Wildman–Crippen LogP) is 2.25. The van der Waals surface area contributed by atoms with Gasteiger partial charge in [-0.25, -0.2) is 4.39 Å². The van der Waals surface area contributed by atoms with Gasteiger partial charge in [0.25, 0.3) is 0 Å². The van der Waals surface area contributed by atoms with E-state index in [-0.39, 0.29) is 17.6 Å². The fraction of sp³-hybridized carbons (Fsp3) is 0.375. The number of rotatable bonds is 7. The Morgan fingerprint density at radius 2 is 2.19 bits per heavy atom. The second kappa shape index (κ2) is 8.19. The third-order valence-electron chi connectivity index (χ3n) is 3.06. The van der Waals surface area contributed by atoms with Crippen molar-refractivity contribution in [2.75, 3.05) is 7.05 Å². The van der Waals surface area contributed by atoms with Crippen LogP contribution < -0.4 is 5.32 Å². The van der Waals surface area contributed by atoms with E-state index in [1.165, 1.54) is 17.0 Å². The first-order valence-corrected chi connectivity index (χ1v) is 6.90. The van der Waals surface area contributed by atoms with Gasteiger partial charge in [0.2, 0.25) is 11.8 Å². The Bertz CT molecular complexity index is 517. The number of nitrogens with zero attached hydrogens (tertiary/aromatic N) is 1. The van der Waals surface area contributed by atoms with Crippen molar-refractivity contribution in [2.24, 2.45) is 0 Å². The number of benzene rings is 1. The molecule has 1 unspecified atom stereocenters. The normalized spacial score (nSPS) is 11.6. The van der Waals surface area contributed by atoms with E-state index in [2.05, 4.69) is 11.9 Å². The molecule has 1 rings (SSSR count). The van der Waals surface area contributed by atoms with Gasteiger partial charge in [-0.05, 0) is 30.2 Å². The van der Waals surface area contributed by atoms with Crippen LogP contribution in [0, 0.1) is 5.82 Å². The van der Waals surface area contributed by atoms with Gasteiger partial charge in [-0.3, -0.25) is 9.59 Å². The molecule has 0 radical (unpaired) electrons. The minimum absolute atomic E-state index is 0.198. The van der Waals surface area contributed by atoms with Gasteiger partial charge in [0, 0.05) is 13.6 Å². The van der Waals surface area contributed by atoms with Crippen molar-refractivity contribution in [2.45, 2.75) is 32.4 Å². The molecule has 21 heavy (non-hydrogen) atoms. The molecule has 0 heterocycles. The van der Waals surface area contributed by atoms with Gasteiger partial charge in [0.05, 0.1) is 0 Å². The standard InChI is InChI=1S/C16H21FN2O2/c1-4-7-14(18-15(20)5-2)16(21)19(3)11-12-8-6-9-13(17)10-12/h5-6,8-10,14H,2,4,7,11H2,1,3H3,(H,18,20). The van der Waals surface area contributed by atoms with Gasteiger partial charge < -0.3 is 10.2 Å². The van der Waals surface area contributed by atoms with E-state index in [1.54, 1.807) is 19.2 Å². The molecule has 1 aromatic carbocycles. The number of hydrogen-bond donors (Lipinski definition) is 1. The summed E-state index contributed by atoms with van der Waals surface area (Å²) in [4.78, 5) is 25.2. The molecule has 0 aliphatic rings. The van der Waals surface area contributed by atoms with E-state index in [0.29, 0.717) is 18.5 Å². The summed E-state index contributed by atoms with van der Waals surface area (Å²) in [5.74, 6) is -0.907. The van der Waals surface area contributed by atoms with E-state index in [1.807, 2.05) is 6.92 Å². The minimum Gasteiger partial charge on any atom is -0.341 e. The van der Waals surface area contributed by atoms with Crippen molar-refractivity contribution < 1.29 is 14.0 Å². The number of hydrogen-bond acceptors (Lipinski definition) is 2. The van der Waals surface area contributed by atoms with Crippen LogP contribution in [0.25, 0.3) is 0 Å². The van der Waals surface area contributed by atoms with Crippen molar-refractivity contribution in [3.8, 4) is 0 Å². The molecule has 1 N–H and O–H groups in total. The Labute approximate surface area is 124 Å². The average molecular weight is 292 g/mol. The molecule has 0 aliphatic carbocycles. The zero-order valence-corrected chi connectivity index (χ0v) is 12.4. The second-order valence-corrected chi connectivity index (χ2v) is 4.88. The van der Waals surface area contributed by atoms with Crippen LogP contribution in [0.15, 0.2) is 36.9 Å². The molecule has 0 saturated carbocycles. The number of amides is 2. The maximum absolute atomic E-state index is 13.1. The number of halogens is 1. The van der Waals surface area contributed by atoms with Crippen LogP contribution in [0.3, 0.4) is 0 Å². The van der Waals surface area contributed by atoms with Crippen LogP contribution >= 0.6 is 0 Å². The van der Waals surface area contributed by atoms with Crippen LogP contribution in [-0.4, -0.2) is 29.8 Å². The zero-order chi connectivity index (χ0) is 15.8. The average Bonchev–Trinajstić information content (AvgIpc) is 2.45. The molecule has 0 aliphatic heterocycles. The van der Waals surface area contributed by atoms with Crippen molar-refractivity contribution in [3.05, 3.63) is 48.3 Å². The van der Waals surface area contributed by atoms with Crippen molar-refractivity contribution in [1.82, 2.24) is 10.2 Å². The van der Waals surface area contributed by atoms with E-state index in [4.69, 9.17) is 0 Å². The quantitative estimate of drug-likeness (QED) is 0.784. The first-order valence-electron chi connectivity index (χ1n) is 6.90. The SMILES string of the molecule is C=CC(=O)NC(CCC)C(=O)N(C)Cc1cccc(F)c1. The zero-order valence-electron chi connectivity index (χ0n) is 12.4. The molecule has 1 atom stereocenters. The summed E-state index contributed by atoms with van der Waals surface area (Å²) >= 11 is 0. The molecule has 0 aromatic heterocycles. The Morgan fingerprint density at radius 3 is 2.76 bits per heavy atom. The molecule has 2 amide bonds. The van der Waals surface area contributed by atoms with Crippen LogP contribution in [0.4, 0.5) is 4.39 Å². The van der Waals surface area contributed by atoms with Crippen molar-refractivity contribution in [3.63, 3.8) is 0 Å². The second-order valence-electron chi connectivity index (χ2n) is 4.88. The predicted molar refractivity (Wildman–Crippen MR) is 79.9 cm³/mol. The van der Waals surface area contributed by atoms with Gasteiger partial charge in [-0.2, -0.15) is 0 Å². The smallest absolute Gasteiger partial charge is 0.245 e. The number of likely N-dealkylation sites (N-methyl/N-ethyl adjacent to an activating group) is 1. The summed E-state index contributed by atoms with van der Waals surface area (Å²) in [6, 6.07) is 5.52. The van der Waals surface area contributed by atoms with E-state index < -0.39 is 6.04 Å². The number of carbonyl (C=O) groups excluding carboxylic acids is 2. The molecule has 114 valence electrons. The molecule has 0 saturated heterocycles. The maximum Gasteiger partial charge on any atom is 0.245 e. The highest BCUT2D eigenvalue weighted by molar-refractivity contribution is 5.92. The third-order valence-corrected chi connectivity index (χ3v) is 3.06. The van der Waals surface area contributed by atoms with Crippen LogP contribution in [0.1, 0.15) is 25.3 Å². The highest BCUT2D eigenvalue weighted by atomic mass is 19.1. The van der Waals surface area contributed by atoms with Crippen molar-refractivity contribution in [1.29, 1.82) is 0 Å². The van der Waals surface area contributed by atoms with Crippen molar-refractivity contribution >= 4 is 11.8 Å². The van der Waals surface area contributed by atoms with Gasteiger partial charge >= 0.3 is 0 Å². The topological polar surface area (TPSA) is 49.4 Å². The molecular formula is C16H21FN2O2. The van der Waals surface area contributed by atoms with Crippen LogP contribution in [-0.2, 0) is 16.1 Å². The van der Waals surface area contributed by atoms with Gasteiger partial charge in [0.1, 0.15) is 11.9 Å². The Morgan fingerprint density at radius 1 is 1.48 bits per heavy atom. The Kier molecular flexibility index (Phi) is 6.59. The molecule has 4 nitrogen and oxygen atoms in total. The number of carbonyl (C=O) groups is 2. The molecular weight excluding hydrogens is 271 g/mol. The minimum atomic E-state index is -0.584. The lowest BCUT2D eigenvalue weighted by molar-refractivity contribution is -0.135. The molecule has 0 bridgehead atoms. The first-order chi connectivity index (χ1) is 9.97. The lowest BCUT2D eigenvalue weighted by atomic mass is 10.1. The lowest BCUT2D eigenvalue weighted by Gasteiger charge is -2.24. The van der Waals surface area contributed by atoms with Gasteiger partial charge in [-0.15, -0.1) is 0 Å². The first kappa shape index (κ1) is 16.9. The third kappa shape index (κ3) is 5.38. The molecule has 0 spiro atoms. The van der Waals surface area contributed by atoms with E-state index in [9.17, 15) is 14.0 Å². The maximum atomic E-state index is 13.1. The van der Waals surface area contributed by atoms with E-state index in [0.717, 1.165) is 12.5 Å².